The molecular formula is C22H31NO3SSi. The van der Waals surface area contributed by atoms with Crippen LogP contribution in [0.1, 0.15) is 26.3 Å². The van der Waals surface area contributed by atoms with Gasteiger partial charge >= 0.3 is 0 Å². The lowest BCUT2D eigenvalue weighted by Crippen LogP contribution is -2.40. The molecule has 1 aliphatic heterocycles. The molecular weight excluding hydrogens is 386 g/mol. The van der Waals surface area contributed by atoms with Gasteiger partial charge in [-0.25, -0.2) is 0 Å². The Balaban J connectivity index is 2.02. The topological polar surface area (TPSA) is 30.9 Å². The molecule has 4 nitrogen and oxygen atoms in total. The van der Waals surface area contributed by atoms with Gasteiger partial charge in [0.15, 0.2) is 8.32 Å². The van der Waals surface area contributed by atoms with Gasteiger partial charge in [0.2, 0.25) is 0 Å². The summed E-state index contributed by atoms with van der Waals surface area (Å²) in [5, 5.41) is 0.166. The van der Waals surface area contributed by atoms with Crippen LogP contribution in [0.15, 0.2) is 40.1 Å². The first kappa shape index (κ1) is 21.1. The molecule has 0 aromatic heterocycles. The molecule has 1 aliphatic rings. The molecule has 6 heteroatoms. The van der Waals surface area contributed by atoms with E-state index in [9.17, 15) is 0 Å². The highest BCUT2D eigenvalue weighted by Crippen LogP contribution is 2.52. The predicted octanol–water partition coefficient (Wildman–Crippen LogP) is 6.46. The first-order chi connectivity index (χ1) is 13.1. The third kappa shape index (κ3) is 3.77. The molecule has 0 saturated heterocycles. The number of anilines is 2. The van der Waals surface area contributed by atoms with E-state index >= 15 is 0 Å². The van der Waals surface area contributed by atoms with Crippen LogP contribution >= 0.6 is 11.8 Å². The fourth-order valence-corrected chi connectivity index (χ4v) is 5.23. The number of benzene rings is 2. The SMILES string of the molecule is COc1ccc2c(c1)Sc1c(ccc(OC)c1CO[Si](C)(C)C(C)(C)C)N2C. The zero-order valence-electron chi connectivity index (χ0n) is 18.2. The van der Waals surface area contributed by atoms with E-state index in [2.05, 4.69) is 70.1 Å². The molecule has 28 heavy (non-hydrogen) atoms. The highest BCUT2D eigenvalue weighted by Gasteiger charge is 2.38. The lowest BCUT2D eigenvalue weighted by molar-refractivity contribution is 0.267. The molecule has 0 saturated carbocycles. The quantitative estimate of drug-likeness (QED) is 0.521. The highest BCUT2D eigenvalue weighted by atomic mass is 32.2. The number of ether oxygens (including phenoxy) is 2. The average Bonchev–Trinajstić information content (AvgIpc) is 2.64. The van der Waals surface area contributed by atoms with E-state index in [0.29, 0.717) is 6.61 Å². The van der Waals surface area contributed by atoms with Crippen molar-refractivity contribution in [3.8, 4) is 11.5 Å². The van der Waals surface area contributed by atoms with Crippen LogP contribution in [0.5, 0.6) is 11.5 Å². The van der Waals surface area contributed by atoms with Crippen molar-refractivity contribution in [3.05, 3.63) is 35.9 Å². The van der Waals surface area contributed by atoms with E-state index in [1.807, 2.05) is 6.07 Å². The fraction of sp³-hybridized carbons (Fsp3) is 0.455. The van der Waals surface area contributed by atoms with E-state index in [1.54, 1.807) is 26.0 Å². The van der Waals surface area contributed by atoms with E-state index in [1.165, 1.54) is 21.2 Å². The van der Waals surface area contributed by atoms with Gasteiger partial charge in [0.25, 0.3) is 0 Å². The van der Waals surface area contributed by atoms with Crippen LogP contribution in [0.2, 0.25) is 18.1 Å². The molecule has 1 heterocycles. The molecule has 2 aromatic rings. The number of methoxy groups -OCH3 is 2. The van der Waals surface area contributed by atoms with Gasteiger partial charge in [-0.15, -0.1) is 0 Å². The lowest BCUT2D eigenvalue weighted by Gasteiger charge is -2.37. The van der Waals surface area contributed by atoms with Crippen molar-refractivity contribution in [2.45, 2.75) is 55.3 Å². The van der Waals surface area contributed by atoms with Crippen molar-refractivity contribution in [1.29, 1.82) is 0 Å². The van der Waals surface area contributed by atoms with Crippen LogP contribution in [-0.2, 0) is 11.0 Å². The van der Waals surface area contributed by atoms with Crippen LogP contribution in [0, 0.1) is 0 Å². The number of hydrogen-bond acceptors (Lipinski definition) is 5. The monoisotopic (exact) mass is 417 g/mol. The molecule has 0 atom stereocenters. The van der Waals surface area contributed by atoms with Crippen LogP contribution in [0.4, 0.5) is 11.4 Å². The minimum Gasteiger partial charge on any atom is -0.497 e. The molecule has 3 rings (SSSR count). The fourth-order valence-electron chi connectivity index (χ4n) is 2.99. The largest absolute Gasteiger partial charge is 0.497 e. The van der Waals surface area contributed by atoms with E-state index < -0.39 is 8.32 Å². The zero-order chi connectivity index (χ0) is 20.7. The van der Waals surface area contributed by atoms with Gasteiger partial charge in [0.05, 0.1) is 32.2 Å². The molecule has 0 fully saturated rings. The molecule has 0 N–H and O–H groups in total. The first-order valence-electron chi connectivity index (χ1n) is 9.52. The Morgan fingerprint density at radius 1 is 1.00 bits per heavy atom. The van der Waals surface area contributed by atoms with E-state index in [4.69, 9.17) is 13.9 Å². The summed E-state index contributed by atoms with van der Waals surface area (Å²) in [6, 6.07) is 10.4. The second kappa shape index (κ2) is 7.65. The van der Waals surface area contributed by atoms with E-state index in [0.717, 1.165) is 17.1 Å². The lowest BCUT2D eigenvalue weighted by atomic mass is 10.1. The van der Waals surface area contributed by atoms with Crippen molar-refractivity contribution in [2.24, 2.45) is 0 Å². The van der Waals surface area contributed by atoms with Gasteiger partial charge in [0.1, 0.15) is 11.5 Å². The smallest absolute Gasteiger partial charge is 0.192 e. The summed E-state index contributed by atoms with van der Waals surface area (Å²) in [5.41, 5.74) is 3.48. The maximum Gasteiger partial charge on any atom is 0.192 e. The Labute approximate surface area is 174 Å². The van der Waals surface area contributed by atoms with Crippen LogP contribution in [0.3, 0.4) is 0 Å². The summed E-state index contributed by atoms with van der Waals surface area (Å²) in [7, 11) is 3.67. The van der Waals surface area contributed by atoms with Gasteiger partial charge in [-0.1, -0.05) is 32.5 Å². The number of rotatable bonds is 5. The maximum absolute atomic E-state index is 6.56. The number of nitrogens with zero attached hydrogens (tertiary/aromatic N) is 1. The standard InChI is InChI=1S/C22H31NO3SSi/c1-22(2,3)28(7,8)26-14-16-19(25-6)12-11-18-21(16)27-20-13-15(24-5)9-10-17(20)23(18)4/h9-13H,14H2,1-8H3. The average molecular weight is 418 g/mol. The summed E-state index contributed by atoms with van der Waals surface area (Å²) < 4.78 is 17.7. The molecule has 0 aliphatic carbocycles. The second-order valence-corrected chi connectivity index (χ2v) is 14.5. The number of fused-ring (bicyclic) bond motifs is 2. The number of hydrogen-bond donors (Lipinski definition) is 0. The molecule has 0 bridgehead atoms. The summed E-state index contributed by atoms with van der Waals surface area (Å²) in [6.45, 7) is 11.9. The Morgan fingerprint density at radius 3 is 2.29 bits per heavy atom. The van der Waals surface area contributed by atoms with Crippen molar-refractivity contribution >= 4 is 31.5 Å². The summed E-state index contributed by atoms with van der Waals surface area (Å²) in [5.74, 6) is 1.75. The van der Waals surface area contributed by atoms with Crippen molar-refractivity contribution in [3.63, 3.8) is 0 Å². The highest BCUT2D eigenvalue weighted by molar-refractivity contribution is 7.99. The van der Waals surface area contributed by atoms with Crippen LogP contribution in [0.25, 0.3) is 0 Å². The van der Waals surface area contributed by atoms with Crippen LogP contribution in [-0.4, -0.2) is 29.6 Å². The Kier molecular flexibility index (Phi) is 5.76. The molecule has 2 aromatic carbocycles. The minimum absolute atomic E-state index is 0.166. The summed E-state index contributed by atoms with van der Waals surface area (Å²) >= 11 is 1.76. The normalized spacial score (nSPS) is 13.8. The molecule has 0 unspecified atom stereocenters. The second-order valence-electron chi connectivity index (χ2n) is 8.64. The van der Waals surface area contributed by atoms with E-state index in [-0.39, 0.29) is 5.04 Å². The predicted molar refractivity (Wildman–Crippen MR) is 120 cm³/mol. The van der Waals surface area contributed by atoms with Gasteiger partial charge in [-0.3, -0.25) is 0 Å². The summed E-state index contributed by atoms with van der Waals surface area (Å²) in [4.78, 5) is 4.60. The van der Waals surface area contributed by atoms with Gasteiger partial charge < -0.3 is 18.8 Å². The van der Waals surface area contributed by atoms with Crippen molar-refractivity contribution < 1.29 is 13.9 Å². The zero-order valence-corrected chi connectivity index (χ0v) is 20.0. The minimum atomic E-state index is -1.87. The van der Waals surface area contributed by atoms with Crippen LogP contribution < -0.4 is 14.4 Å². The van der Waals surface area contributed by atoms with Gasteiger partial charge in [0, 0.05) is 22.4 Å². The first-order valence-corrected chi connectivity index (χ1v) is 13.2. The van der Waals surface area contributed by atoms with Crippen molar-refractivity contribution in [2.75, 3.05) is 26.2 Å². The maximum atomic E-state index is 6.56. The molecule has 152 valence electrons. The Bertz CT molecular complexity index is 877. The summed E-state index contributed by atoms with van der Waals surface area (Å²) in [6.07, 6.45) is 0. The molecule has 0 amide bonds. The molecule has 0 spiro atoms. The van der Waals surface area contributed by atoms with Gasteiger partial charge in [-0.05, 0) is 48.5 Å². The Morgan fingerprint density at radius 2 is 1.68 bits per heavy atom. The third-order valence-corrected chi connectivity index (χ3v) is 11.6. The Hall–Kier alpha value is -1.63. The van der Waals surface area contributed by atoms with Gasteiger partial charge in [-0.2, -0.15) is 0 Å². The molecule has 0 radical (unpaired) electrons. The third-order valence-electron chi connectivity index (χ3n) is 5.90. The van der Waals surface area contributed by atoms with Crippen molar-refractivity contribution in [1.82, 2.24) is 0 Å².